The highest BCUT2D eigenvalue weighted by Gasteiger charge is 2.31. The van der Waals surface area contributed by atoms with Crippen molar-refractivity contribution >= 4 is 5.84 Å². The first-order valence-electron chi connectivity index (χ1n) is 7.72. The van der Waals surface area contributed by atoms with Crippen molar-refractivity contribution in [2.24, 2.45) is 4.99 Å². The molecule has 1 unspecified atom stereocenters. The Morgan fingerprint density at radius 3 is 2.54 bits per heavy atom. The van der Waals surface area contributed by atoms with Gasteiger partial charge in [0.25, 0.3) is 0 Å². The minimum absolute atomic E-state index is 0.000365. The number of alkyl halides is 3. The molecule has 1 aromatic carbocycles. The van der Waals surface area contributed by atoms with Crippen LogP contribution in [0.3, 0.4) is 0 Å². The van der Waals surface area contributed by atoms with E-state index in [0.29, 0.717) is 25.1 Å². The fourth-order valence-electron chi connectivity index (χ4n) is 2.76. The second-order valence-electron chi connectivity index (χ2n) is 5.87. The molecule has 0 bridgehead atoms. The Labute approximate surface area is 136 Å². The lowest BCUT2D eigenvalue weighted by Crippen LogP contribution is -2.34. The van der Waals surface area contributed by atoms with Gasteiger partial charge in [0.2, 0.25) is 0 Å². The molecule has 0 spiro atoms. The summed E-state index contributed by atoms with van der Waals surface area (Å²) < 4.78 is 64.2. The normalized spacial score (nSPS) is 20.2. The zero-order valence-electron chi connectivity index (χ0n) is 12.9. The number of amidine groups is 1. The van der Waals surface area contributed by atoms with Crippen molar-refractivity contribution in [3.05, 3.63) is 35.4 Å². The molecule has 0 radical (unpaired) electrons. The predicted molar refractivity (Wildman–Crippen MR) is 79.9 cm³/mol. The van der Waals surface area contributed by atoms with Crippen LogP contribution in [0.5, 0.6) is 0 Å². The van der Waals surface area contributed by atoms with E-state index in [-0.39, 0.29) is 18.7 Å². The lowest BCUT2D eigenvalue weighted by atomic mass is 9.93. The molecule has 0 fully saturated rings. The van der Waals surface area contributed by atoms with Gasteiger partial charge in [-0.15, -0.1) is 0 Å². The van der Waals surface area contributed by atoms with Gasteiger partial charge in [0.05, 0.1) is 18.4 Å². The molecular weight excluding hydrogens is 331 g/mol. The molecule has 0 saturated heterocycles. The van der Waals surface area contributed by atoms with Crippen LogP contribution in [0.25, 0.3) is 0 Å². The van der Waals surface area contributed by atoms with E-state index >= 15 is 0 Å². The summed E-state index contributed by atoms with van der Waals surface area (Å²) in [5.41, 5.74) is -0.000365. The summed E-state index contributed by atoms with van der Waals surface area (Å²) in [7, 11) is 0. The molecule has 1 aromatic rings. The summed E-state index contributed by atoms with van der Waals surface area (Å²) in [6, 6.07) is 3.68. The first-order chi connectivity index (χ1) is 11.3. The van der Waals surface area contributed by atoms with Crippen molar-refractivity contribution in [2.45, 2.75) is 43.9 Å². The number of benzene rings is 1. The zero-order valence-corrected chi connectivity index (χ0v) is 12.9. The SMILES string of the molecule is OC(CNC1=NC[C@H](c2c(F)cccc2F)CCC1)CC(F)(F)F. The van der Waals surface area contributed by atoms with E-state index in [1.54, 1.807) is 0 Å². The van der Waals surface area contributed by atoms with Gasteiger partial charge >= 0.3 is 6.18 Å². The Balaban J connectivity index is 1.95. The highest BCUT2D eigenvalue weighted by Crippen LogP contribution is 2.29. The molecular formula is C16H19F5N2O. The van der Waals surface area contributed by atoms with E-state index in [1.807, 2.05) is 0 Å². The second kappa shape index (κ2) is 7.92. The third-order valence-electron chi connectivity index (χ3n) is 3.89. The summed E-state index contributed by atoms with van der Waals surface area (Å²) >= 11 is 0. The molecule has 0 saturated carbocycles. The maximum Gasteiger partial charge on any atom is 0.391 e. The van der Waals surface area contributed by atoms with Crippen LogP contribution in [-0.4, -0.2) is 36.3 Å². The third kappa shape index (κ3) is 5.43. The number of nitrogens with one attached hydrogen (secondary N) is 1. The van der Waals surface area contributed by atoms with Crippen LogP contribution in [0.1, 0.15) is 37.2 Å². The van der Waals surface area contributed by atoms with Crippen molar-refractivity contribution < 1.29 is 27.1 Å². The fourth-order valence-corrected chi connectivity index (χ4v) is 2.76. The number of aliphatic hydroxyl groups excluding tert-OH is 1. The molecule has 0 aromatic heterocycles. The van der Waals surface area contributed by atoms with E-state index < -0.39 is 36.3 Å². The van der Waals surface area contributed by atoms with E-state index in [0.717, 1.165) is 0 Å². The van der Waals surface area contributed by atoms with Crippen LogP contribution in [0.15, 0.2) is 23.2 Å². The van der Waals surface area contributed by atoms with Crippen molar-refractivity contribution in [2.75, 3.05) is 13.1 Å². The van der Waals surface area contributed by atoms with Crippen molar-refractivity contribution in [1.29, 1.82) is 0 Å². The van der Waals surface area contributed by atoms with Gasteiger partial charge in [0.1, 0.15) is 11.6 Å². The fraction of sp³-hybridized carbons (Fsp3) is 0.562. The average Bonchev–Trinajstić information content (AvgIpc) is 2.69. The molecule has 134 valence electrons. The molecule has 1 aliphatic heterocycles. The van der Waals surface area contributed by atoms with Crippen LogP contribution in [0, 0.1) is 11.6 Å². The highest BCUT2D eigenvalue weighted by molar-refractivity contribution is 5.82. The van der Waals surface area contributed by atoms with Crippen LogP contribution >= 0.6 is 0 Å². The molecule has 0 aliphatic carbocycles. The van der Waals surface area contributed by atoms with Gasteiger partial charge in [0, 0.05) is 31.0 Å². The third-order valence-corrected chi connectivity index (χ3v) is 3.89. The predicted octanol–water partition coefficient (Wildman–Crippen LogP) is 3.53. The second-order valence-corrected chi connectivity index (χ2v) is 5.87. The van der Waals surface area contributed by atoms with Crippen LogP contribution < -0.4 is 5.32 Å². The van der Waals surface area contributed by atoms with Crippen molar-refractivity contribution in [3.63, 3.8) is 0 Å². The topological polar surface area (TPSA) is 44.6 Å². The first kappa shape index (κ1) is 18.6. The van der Waals surface area contributed by atoms with Crippen LogP contribution in [0.2, 0.25) is 0 Å². The number of rotatable bonds is 4. The largest absolute Gasteiger partial charge is 0.391 e. The molecule has 1 aliphatic rings. The Morgan fingerprint density at radius 2 is 1.92 bits per heavy atom. The summed E-state index contributed by atoms with van der Waals surface area (Å²) in [4.78, 5) is 4.21. The minimum Gasteiger partial charge on any atom is -0.391 e. The standard InChI is InChI=1S/C16H19F5N2O/c17-12-4-2-5-13(18)15(12)10-3-1-6-14(22-8-10)23-9-11(24)7-16(19,20)21/h2,4-5,10-11,24H,1,3,6-9H2,(H,22,23)/t10-,11?/m1/s1. The number of hydrogen-bond acceptors (Lipinski definition) is 3. The molecule has 2 N–H and O–H groups in total. The van der Waals surface area contributed by atoms with Crippen LogP contribution in [0.4, 0.5) is 22.0 Å². The maximum atomic E-state index is 13.8. The van der Waals surface area contributed by atoms with Crippen molar-refractivity contribution in [1.82, 2.24) is 5.32 Å². The van der Waals surface area contributed by atoms with Gasteiger partial charge in [-0.2, -0.15) is 13.2 Å². The van der Waals surface area contributed by atoms with Crippen molar-refractivity contribution in [3.8, 4) is 0 Å². The number of halogens is 5. The monoisotopic (exact) mass is 350 g/mol. The number of hydrogen-bond donors (Lipinski definition) is 2. The zero-order chi connectivity index (χ0) is 17.7. The Hall–Kier alpha value is -1.70. The van der Waals surface area contributed by atoms with Gasteiger partial charge in [-0.25, -0.2) is 8.78 Å². The smallest absolute Gasteiger partial charge is 0.391 e. The first-order valence-corrected chi connectivity index (χ1v) is 7.72. The Morgan fingerprint density at radius 1 is 1.25 bits per heavy atom. The van der Waals surface area contributed by atoms with Gasteiger partial charge in [0.15, 0.2) is 0 Å². The summed E-state index contributed by atoms with van der Waals surface area (Å²) in [6.07, 6.45) is -5.70. The number of aliphatic imine (C=N–C) groups is 1. The molecule has 2 rings (SSSR count). The van der Waals surface area contributed by atoms with Gasteiger partial charge < -0.3 is 10.4 Å². The Bertz CT molecular complexity index is 568. The lowest BCUT2D eigenvalue weighted by Gasteiger charge is -2.15. The van der Waals surface area contributed by atoms with Gasteiger partial charge in [-0.1, -0.05) is 6.07 Å². The van der Waals surface area contributed by atoms with Gasteiger partial charge in [-0.3, -0.25) is 4.99 Å². The number of nitrogens with zero attached hydrogens (tertiary/aromatic N) is 1. The number of aliphatic hydroxyl groups is 1. The average molecular weight is 350 g/mol. The lowest BCUT2D eigenvalue weighted by molar-refractivity contribution is -0.152. The maximum absolute atomic E-state index is 13.8. The van der Waals surface area contributed by atoms with Crippen LogP contribution in [-0.2, 0) is 0 Å². The molecule has 2 atom stereocenters. The van der Waals surface area contributed by atoms with E-state index in [9.17, 15) is 27.1 Å². The molecule has 1 heterocycles. The molecule has 24 heavy (non-hydrogen) atoms. The summed E-state index contributed by atoms with van der Waals surface area (Å²) in [5, 5.41) is 12.0. The quantitative estimate of drug-likeness (QED) is 0.816. The highest BCUT2D eigenvalue weighted by atomic mass is 19.4. The Kier molecular flexibility index (Phi) is 6.15. The molecule has 3 nitrogen and oxygen atoms in total. The van der Waals surface area contributed by atoms with Gasteiger partial charge in [-0.05, 0) is 25.0 Å². The molecule has 8 heteroatoms. The van der Waals surface area contributed by atoms with E-state index in [2.05, 4.69) is 10.3 Å². The minimum atomic E-state index is -4.43. The summed E-state index contributed by atoms with van der Waals surface area (Å²) in [5.74, 6) is -1.19. The van der Waals surface area contributed by atoms with E-state index in [1.165, 1.54) is 18.2 Å². The van der Waals surface area contributed by atoms with E-state index in [4.69, 9.17) is 0 Å². The molecule has 0 amide bonds. The summed E-state index contributed by atoms with van der Waals surface area (Å²) in [6.45, 7) is -0.118.